The van der Waals surface area contributed by atoms with Crippen LogP contribution in [0.2, 0.25) is 0 Å². The minimum Gasteiger partial charge on any atom is -0.477 e. The SMILES string of the molecule is O=C(O)c1cc(N[C@H]2CCC[C@@H](Nc3nc(-c4cn(SI)c5c(F)cc(F)cc45)ncc3F)C2)ncn1. The predicted octanol–water partition coefficient (Wildman–Crippen LogP) is 5.69. The zero-order chi connectivity index (χ0) is 26.1. The van der Waals surface area contributed by atoms with E-state index in [2.05, 4.69) is 30.6 Å². The maximum Gasteiger partial charge on any atom is 0.354 e. The summed E-state index contributed by atoms with van der Waals surface area (Å²) in [5.74, 6) is -2.72. The van der Waals surface area contributed by atoms with Crippen molar-refractivity contribution in [3.63, 3.8) is 0 Å². The third kappa shape index (κ3) is 5.44. The van der Waals surface area contributed by atoms with Crippen LogP contribution in [0.1, 0.15) is 36.2 Å². The molecule has 1 fully saturated rings. The molecule has 0 unspecified atom stereocenters. The number of aromatic carboxylic acids is 1. The molecule has 0 radical (unpaired) electrons. The molecule has 9 nitrogen and oxygen atoms in total. The topological polar surface area (TPSA) is 118 Å². The number of carboxylic acid groups (broad SMARTS) is 1. The Balaban J connectivity index is 1.37. The Morgan fingerprint density at radius 1 is 1.08 bits per heavy atom. The van der Waals surface area contributed by atoms with E-state index in [0.29, 0.717) is 17.8 Å². The zero-order valence-electron chi connectivity index (χ0n) is 19.0. The second-order valence-corrected chi connectivity index (χ2v) is 10.3. The van der Waals surface area contributed by atoms with E-state index in [9.17, 15) is 18.0 Å². The predicted molar refractivity (Wildman–Crippen MR) is 142 cm³/mol. The first-order valence-corrected chi connectivity index (χ1v) is 14.5. The van der Waals surface area contributed by atoms with E-state index < -0.39 is 23.4 Å². The standard InChI is InChI=1S/C23H19F3IN7O2S/c24-11-4-14-15(9-34(37-27)20(14)16(25)5-11)21-28-8-17(26)22(33-21)32-13-3-1-2-12(6-13)31-19-7-18(23(35)36)29-10-30-19/h4-5,7-10,12-13H,1-3,6H2,(H,35,36)(H,28,32,33)(H,29,30,31)/t12-,13+/m0/s1. The Morgan fingerprint density at radius 3 is 2.62 bits per heavy atom. The van der Waals surface area contributed by atoms with Crippen molar-refractivity contribution in [1.29, 1.82) is 0 Å². The van der Waals surface area contributed by atoms with Gasteiger partial charge in [0.25, 0.3) is 0 Å². The summed E-state index contributed by atoms with van der Waals surface area (Å²) in [5, 5.41) is 15.8. The molecule has 0 spiro atoms. The second-order valence-electron chi connectivity index (χ2n) is 8.55. The molecule has 37 heavy (non-hydrogen) atoms. The lowest BCUT2D eigenvalue weighted by molar-refractivity contribution is 0.0690. The Bertz CT molecular complexity index is 1490. The van der Waals surface area contributed by atoms with Gasteiger partial charge in [0, 0.05) is 71.7 Å². The van der Waals surface area contributed by atoms with Crippen molar-refractivity contribution in [2.75, 3.05) is 10.6 Å². The average Bonchev–Trinajstić information content (AvgIpc) is 3.24. The van der Waals surface area contributed by atoms with E-state index in [1.807, 2.05) is 21.2 Å². The Morgan fingerprint density at radius 2 is 1.86 bits per heavy atom. The number of fused-ring (bicyclic) bond motifs is 1. The molecule has 0 aliphatic heterocycles. The van der Waals surface area contributed by atoms with Gasteiger partial charge in [-0.05, 0) is 31.7 Å². The van der Waals surface area contributed by atoms with Gasteiger partial charge in [-0.2, -0.15) is 0 Å². The van der Waals surface area contributed by atoms with Crippen molar-refractivity contribution < 1.29 is 23.1 Å². The van der Waals surface area contributed by atoms with Crippen LogP contribution in [0, 0.1) is 17.5 Å². The minimum atomic E-state index is -1.14. The van der Waals surface area contributed by atoms with E-state index in [4.69, 9.17) is 5.11 Å². The number of carbonyl (C=O) groups is 1. The van der Waals surface area contributed by atoms with Crippen LogP contribution in [-0.2, 0) is 0 Å². The minimum absolute atomic E-state index is 0.00856. The Labute approximate surface area is 225 Å². The maximum atomic E-state index is 14.7. The highest BCUT2D eigenvalue weighted by Crippen LogP contribution is 2.36. The van der Waals surface area contributed by atoms with Gasteiger partial charge in [0.15, 0.2) is 29.0 Å². The molecule has 4 aromatic rings. The van der Waals surface area contributed by atoms with Gasteiger partial charge < -0.3 is 15.7 Å². The summed E-state index contributed by atoms with van der Waals surface area (Å²) < 4.78 is 44.7. The summed E-state index contributed by atoms with van der Waals surface area (Å²) in [7, 11) is 1.20. The van der Waals surface area contributed by atoms with Crippen LogP contribution >= 0.6 is 30.3 Å². The van der Waals surface area contributed by atoms with Gasteiger partial charge in [-0.1, -0.05) is 0 Å². The smallest absolute Gasteiger partial charge is 0.354 e. The summed E-state index contributed by atoms with van der Waals surface area (Å²) in [4.78, 5) is 27.4. The maximum absolute atomic E-state index is 14.7. The van der Waals surface area contributed by atoms with Gasteiger partial charge in [0.05, 0.1) is 11.7 Å². The summed E-state index contributed by atoms with van der Waals surface area (Å²) >= 11 is 1.99. The van der Waals surface area contributed by atoms with Crippen molar-refractivity contribution in [2.24, 2.45) is 0 Å². The molecular weight excluding hydrogens is 622 g/mol. The lowest BCUT2D eigenvalue weighted by Crippen LogP contribution is -2.35. The average molecular weight is 641 g/mol. The van der Waals surface area contributed by atoms with E-state index in [-0.39, 0.29) is 40.3 Å². The molecule has 0 bridgehead atoms. The molecule has 2 atom stereocenters. The van der Waals surface area contributed by atoms with Crippen molar-refractivity contribution in [3.05, 3.63) is 60.1 Å². The molecule has 3 aromatic heterocycles. The number of hydrogen-bond acceptors (Lipinski definition) is 8. The molecule has 0 amide bonds. The van der Waals surface area contributed by atoms with Gasteiger partial charge in [0.1, 0.15) is 18.0 Å². The molecule has 1 aromatic carbocycles. The normalized spacial score (nSPS) is 17.6. The summed E-state index contributed by atoms with van der Waals surface area (Å²) in [5.41, 5.74) is 0.456. The summed E-state index contributed by atoms with van der Waals surface area (Å²) in [6, 6.07) is 3.22. The van der Waals surface area contributed by atoms with E-state index in [1.54, 1.807) is 10.2 Å². The van der Waals surface area contributed by atoms with Crippen LogP contribution in [0.3, 0.4) is 0 Å². The summed E-state index contributed by atoms with van der Waals surface area (Å²) in [6.07, 6.45) is 6.85. The highest BCUT2D eigenvalue weighted by molar-refractivity contribution is 14.2. The number of nitrogens with one attached hydrogen (secondary N) is 2. The molecule has 0 saturated heterocycles. The van der Waals surface area contributed by atoms with Gasteiger partial charge in [0.2, 0.25) is 0 Å². The van der Waals surface area contributed by atoms with Crippen molar-refractivity contribution in [1.82, 2.24) is 23.9 Å². The van der Waals surface area contributed by atoms with Crippen LogP contribution in [0.25, 0.3) is 22.3 Å². The Hall–Kier alpha value is -3.14. The number of aromatic nitrogens is 5. The fourth-order valence-electron chi connectivity index (χ4n) is 4.49. The van der Waals surface area contributed by atoms with Gasteiger partial charge in [-0.3, -0.25) is 3.97 Å². The molecule has 1 aliphatic rings. The van der Waals surface area contributed by atoms with E-state index in [1.165, 1.54) is 27.6 Å². The van der Waals surface area contributed by atoms with Crippen LogP contribution < -0.4 is 10.6 Å². The van der Waals surface area contributed by atoms with Gasteiger partial charge >= 0.3 is 5.97 Å². The number of halogens is 4. The van der Waals surface area contributed by atoms with Crippen LogP contribution in [0.5, 0.6) is 0 Å². The van der Waals surface area contributed by atoms with E-state index in [0.717, 1.165) is 31.5 Å². The largest absolute Gasteiger partial charge is 0.477 e. The van der Waals surface area contributed by atoms with Crippen LogP contribution in [0.4, 0.5) is 24.8 Å². The monoisotopic (exact) mass is 641 g/mol. The lowest BCUT2D eigenvalue weighted by atomic mass is 9.91. The number of anilines is 2. The molecule has 1 saturated carbocycles. The molecular formula is C23H19F3IN7O2S. The third-order valence-corrected chi connectivity index (χ3v) is 7.81. The number of nitrogens with zero attached hydrogens (tertiary/aromatic N) is 5. The fraction of sp³-hybridized carbons (Fsp3) is 0.261. The Kier molecular flexibility index (Phi) is 7.37. The first kappa shape index (κ1) is 25.5. The summed E-state index contributed by atoms with van der Waals surface area (Å²) in [6.45, 7) is 0. The first-order chi connectivity index (χ1) is 17.8. The fourth-order valence-corrected chi connectivity index (χ4v) is 5.82. The molecule has 192 valence electrons. The second kappa shape index (κ2) is 10.7. The molecule has 3 heterocycles. The number of carboxylic acids is 1. The number of hydrogen-bond donors (Lipinski definition) is 3. The van der Waals surface area contributed by atoms with E-state index >= 15 is 0 Å². The highest BCUT2D eigenvalue weighted by Gasteiger charge is 2.25. The highest BCUT2D eigenvalue weighted by atomic mass is 127. The number of benzene rings is 1. The third-order valence-electron chi connectivity index (χ3n) is 6.10. The number of rotatable bonds is 7. The molecule has 3 N–H and O–H groups in total. The molecule has 14 heteroatoms. The quantitative estimate of drug-likeness (QED) is 0.219. The zero-order valence-corrected chi connectivity index (χ0v) is 21.9. The lowest BCUT2D eigenvalue weighted by Gasteiger charge is -2.31. The van der Waals surface area contributed by atoms with Gasteiger partial charge in [-0.15, -0.1) is 0 Å². The van der Waals surface area contributed by atoms with Crippen LogP contribution in [0.15, 0.2) is 36.9 Å². The molecule has 1 aliphatic carbocycles. The van der Waals surface area contributed by atoms with Crippen molar-refractivity contribution in [3.8, 4) is 11.4 Å². The first-order valence-electron chi connectivity index (χ1n) is 11.2. The molecule has 5 rings (SSSR count). The van der Waals surface area contributed by atoms with Crippen molar-refractivity contribution >= 4 is 58.8 Å². The van der Waals surface area contributed by atoms with Crippen LogP contribution in [-0.4, -0.2) is 47.1 Å². The van der Waals surface area contributed by atoms with Crippen molar-refractivity contribution in [2.45, 2.75) is 37.8 Å². The van der Waals surface area contributed by atoms with Gasteiger partial charge in [-0.25, -0.2) is 37.9 Å².